The van der Waals surface area contributed by atoms with Crippen molar-refractivity contribution >= 4 is 29.9 Å². The lowest BCUT2D eigenvalue weighted by Gasteiger charge is -2.32. The first-order chi connectivity index (χ1) is 13.9. The number of hydrogen-bond acceptors (Lipinski definition) is 3. The Morgan fingerprint density at radius 2 is 1.67 bits per heavy atom. The summed E-state index contributed by atoms with van der Waals surface area (Å²) in [6.07, 6.45) is 3.51. The lowest BCUT2D eigenvalue weighted by atomic mass is 9.84. The maximum absolute atomic E-state index is 4.88. The lowest BCUT2D eigenvalue weighted by Crippen LogP contribution is -2.44. The lowest BCUT2D eigenvalue weighted by molar-refractivity contribution is 0.152. The molecule has 1 aliphatic rings. The molecule has 1 fully saturated rings. The predicted octanol–water partition coefficient (Wildman–Crippen LogP) is 3.73. The fourth-order valence-electron chi connectivity index (χ4n) is 3.64. The van der Waals surface area contributed by atoms with E-state index in [1.54, 1.807) is 0 Å². The number of rotatable bonds is 10. The molecule has 0 unspecified atom stereocenters. The van der Waals surface area contributed by atoms with E-state index in [1.807, 2.05) is 0 Å². The van der Waals surface area contributed by atoms with Gasteiger partial charge in [0.15, 0.2) is 5.96 Å². The molecule has 0 radical (unpaired) electrons. The van der Waals surface area contributed by atoms with Gasteiger partial charge in [0.05, 0.1) is 6.54 Å². The summed E-state index contributed by atoms with van der Waals surface area (Å²) in [5.74, 6) is 0.936. The van der Waals surface area contributed by atoms with Crippen molar-refractivity contribution in [3.63, 3.8) is 0 Å². The number of halogens is 1. The molecule has 0 atom stereocenters. The average molecular weight is 530 g/mol. The Labute approximate surface area is 202 Å². The molecule has 0 aliphatic carbocycles. The normalized spacial score (nSPS) is 16.2. The Morgan fingerprint density at radius 3 is 2.27 bits per heavy atom. The van der Waals surface area contributed by atoms with Gasteiger partial charge in [-0.25, -0.2) is 0 Å². The zero-order valence-corrected chi connectivity index (χ0v) is 22.2. The number of hydrogen-bond donors (Lipinski definition) is 2. The molecule has 2 N–H and O–H groups in total. The summed E-state index contributed by atoms with van der Waals surface area (Å²) >= 11 is 0. The topological polar surface area (TPSA) is 42.9 Å². The number of guanidine groups is 1. The molecule has 30 heavy (non-hydrogen) atoms. The third-order valence-electron chi connectivity index (χ3n) is 5.91. The van der Waals surface area contributed by atoms with Crippen LogP contribution in [0.1, 0.15) is 51.7 Å². The van der Waals surface area contributed by atoms with E-state index in [2.05, 4.69) is 79.4 Å². The molecule has 172 valence electrons. The molecule has 1 aromatic carbocycles. The SMILES string of the molecule is CCNC(=NCC(C)(C)c1ccc(CC)cc1)NCCCCN1CCN(C)CC1.I. The standard InChI is InChI=1S/C24H43N5.HI/c1-6-21-10-12-22(13-11-21)24(3,4)20-27-23(25-7-2)26-14-8-9-15-29-18-16-28(5)17-19-29;/h10-13H,6-9,14-20H2,1-5H3,(H2,25,26,27);1H. The highest BCUT2D eigenvalue weighted by Crippen LogP contribution is 2.24. The van der Waals surface area contributed by atoms with E-state index in [9.17, 15) is 0 Å². The first-order valence-electron chi connectivity index (χ1n) is 11.5. The summed E-state index contributed by atoms with van der Waals surface area (Å²) in [5.41, 5.74) is 2.76. The minimum atomic E-state index is 0. The van der Waals surface area contributed by atoms with Crippen molar-refractivity contribution in [2.45, 2.75) is 52.4 Å². The van der Waals surface area contributed by atoms with Gasteiger partial charge in [-0.1, -0.05) is 45.0 Å². The molecule has 1 aromatic rings. The number of aryl methyl sites for hydroxylation is 1. The Kier molecular flexibility index (Phi) is 12.9. The minimum Gasteiger partial charge on any atom is -0.357 e. The molecule has 1 saturated heterocycles. The van der Waals surface area contributed by atoms with E-state index in [-0.39, 0.29) is 29.4 Å². The molecule has 0 aromatic heterocycles. The summed E-state index contributed by atoms with van der Waals surface area (Å²) < 4.78 is 0. The zero-order valence-electron chi connectivity index (χ0n) is 19.8. The fraction of sp³-hybridized carbons (Fsp3) is 0.708. The van der Waals surface area contributed by atoms with Crippen LogP contribution in [-0.2, 0) is 11.8 Å². The average Bonchev–Trinajstić information content (AvgIpc) is 2.73. The summed E-state index contributed by atoms with van der Waals surface area (Å²) in [6, 6.07) is 9.00. The quantitative estimate of drug-likeness (QED) is 0.210. The summed E-state index contributed by atoms with van der Waals surface area (Å²) in [4.78, 5) is 9.88. The highest BCUT2D eigenvalue weighted by Gasteiger charge is 2.20. The van der Waals surface area contributed by atoms with Gasteiger partial charge in [0, 0.05) is 44.7 Å². The highest BCUT2D eigenvalue weighted by atomic mass is 127. The first kappa shape index (κ1) is 27.2. The van der Waals surface area contributed by atoms with Gasteiger partial charge >= 0.3 is 0 Å². The number of aliphatic imine (C=N–C) groups is 1. The molecular weight excluding hydrogens is 485 g/mol. The van der Waals surface area contributed by atoms with Crippen LogP contribution in [0.5, 0.6) is 0 Å². The molecule has 2 rings (SSSR count). The first-order valence-corrected chi connectivity index (χ1v) is 11.5. The van der Waals surface area contributed by atoms with E-state index in [1.165, 1.54) is 56.7 Å². The van der Waals surface area contributed by atoms with Gasteiger partial charge in [-0.15, -0.1) is 24.0 Å². The van der Waals surface area contributed by atoms with E-state index < -0.39 is 0 Å². The van der Waals surface area contributed by atoms with Gasteiger partial charge in [-0.2, -0.15) is 0 Å². The van der Waals surface area contributed by atoms with Gasteiger partial charge in [-0.05, 0) is 50.9 Å². The Morgan fingerprint density at radius 1 is 1.00 bits per heavy atom. The van der Waals surface area contributed by atoms with Crippen molar-refractivity contribution in [2.75, 3.05) is 59.4 Å². The summed E-state index contributed by atoms with van der Waals surface area (Å²) in [6.45, 7) is 17.5. The highest BCUT2D eigenvalue weighted by molar-refractivity contribution is 14.0. The van der Waals surface area contributed by atoms with Crippen molar-refractivity contribution in [2.24, 2.45) is 4.99 Å². The number of likely N-dealkylation sites (N-methyl/N-ethyl adjacent to an activating group) is 1. The van der Waals surface area contributed by atoms with Crippen molar-refractivity contribution in [3.05, 3.63) is 35.4 Å². The second-order valence-electron chi connectivity index (χ2n) is 8.91. The van der Waals surface area contributed by atoms with Gasteiger partial charge in [0.1, 0.15) is 0 Å². The number of unbranched alkanes of at least 4 members (excludes halogenated alkanes) is 1. The third-order valence-corrected chi connectivity index (χ3v) is 5.91. The van der Waals surface area contributed by atoms with Crippen LogP contribution >= 0.6 is 24.0 Å². The number of benzene rings is 1. The second-order valence-corrected chi connectivity index (χ2v) is 8.91. The van der Waals surface area contributed by atoms with Crippen LogP contribution in [0.2, 0.25) is 0 Å². The minimum absolute atomic E-state index is 0. The van der Waals surface area contributed by atoms with Crippen LogP contribution in [0.15, 0.2) is 29.3 Å². The monoisotopic (exact) mass is 529 g/mol. The van der Waals surface area contributed by atoms with Crippen LogP contribution in [0.3, 0.4) is 0 Å². The van der Waals surface area contributed by atoms with Crippen molar-refractivity contribution < 1.29 is 0 Å². The molecular formula is C24H44IN5. The van der Waals surface area contributed by atoms with Gasteiger partial charge < -0.3 is 20.4 Å². The van der Waals surface area contributed by atoms with Crippen LogP contribution in [0.4, 0.5) is 0 Å². The largest absolute Gasteiger partial charge is 0.357 e. The zero-order chi connectivity index (χ0) is 21.1. The maximum Gasteiger partial charge on any atom is 0.191 e. The molecule has 0 bridgehead atoms. The van der Waals surface area contributed by atoms with Crippen LogP contribution in [0, 0.1) is 0 Å². The molecule has 0 amide bonds. The van der Waals surface area contributed by atoms with Crippen LogP contribution in [0.25, 0.3) is 0 Å². The smallest absolute Gasteiger partial charge is 0.191 e. The molecule has 1 aliphatic heterocycles. The number of piperazine rings is 1. The van der Waals surface area contributed by atoms with Crippen LogP contribution < -0.4 is 10.6 Å². The van der Waals surface area contributed by atoms with E-state index in [0.717, 1.165) is 32.0 Å². The Hall–Kier alpha value is -0.860. The van der Waals surface area contributed by atoms with Crippen molar-refractivity contribution in [1.29, 1.82) is 0 Å². The third kappa shape index (κ3) is 9.52. The Balaban J connectivity index is 0.00000450. The molecule has 5 nitrogen and oxygen atoms in total. The summed E-state index contributed by atoms with van der Waals surface area (Å²) in [5, 5.41) is 6.91. The predicted molar refractivity (Wildman–Crippen MR) is 141 cm³/mol. The van der Waals surface area contributed by atoms with Crippen molar-refractivity contribution in [3.8, 4) is 0 Å². The van der Waals surface area contributed by atoms with E-state index >= 15 is 0 Å². The molecule has 6 heteroatoms. The van der Waals surface area contributed by atoms with E-state index in [0.29, 0.717) is 0 Å². The van der Waals surface area contributed by atoms with Gasteiger partial charge in [0.2, 0.25) is 0 Å². The van der Waals surface area contributed by atoms with Crippen LogP contribution in [-0.4, -0.2) is 75.2 Å². The maximum atomic E-state index is 4.88. The van der Waals surface area contributed by atoms with E-state index in [4.69, 9.17) is 4.99 Å². The number of nitrogens with one attached hydrogen (secondary N) is 2. The second kappa shape index (κ2) is 14.2. The van der Waals surface area contributed by atoms with Crippen molar-refractivity contribution in [1.82, 2.24) is 20.4 Å². The number of nitrogens with zero attached hydrogens (tertiary/aromatic N) is 3. The Bertz CT molecular complexity index is 607. The molecule has 1 heterocycles. The van der Waals surface area contributed by atoms with Gasteiger partial charge in [-0.3, -0.25) is 4.99 Å². The summed E-state index contributed by atoms with van der Waals surface area (Å²) in [7, 11) is 2.21. The fourth-order valence-corrected chi connectivity index (χ4v) is 3.64. The molecule has 0 saturated carbocycles. The molecule has 0 spiro atoms. The van der Waals surface area contributed by atoms with Gasteiger partial charge in [0.25, 0.3) is 0 Å².